The lowest BCUT2D eigenvalue weighted by atomic mass is 10.1. The van der Waals surface area contributed by atoms with E-state index in [2.05, 4.69) is 16.9 Å². The Kier molecular flexibility index (Phi) is 3.63. The third-order valence-corrected chi connectivity index (χ3v) is 1.99. The second-order valence-corrected chi connectivity index (χ2v) is 3.52. The van der Waals surface area contributed by atoms with Gasteiger partial charge in [0.25, 0.3) is 0 Å². The Bertz CT molecular complexity index is 347. The van der Waals surface area contributed by atoms with Crippen LogP contribution in [0.15, 0.2) is 12.3 Å². The van der Waals surface area contributed by atoms with Crippen LogP contribution < -0.4 is 0 Å². The van der Waals surface area contributed by atoms with E-state index in [0.29, 0.717) is 5.71 Å². The predicted molar refractivity (Wildman–Crippen MR) is 59.6 cm³/mol. The Hall–Kier alpha value is -1.38. The molecule has 3 nitrogen and oxygen atoms in total. The number of hydrogen-bond donors (Lipinski definition) is 2. The van der Waals surface area contributed by atoms with Gasteiger partial charge in [0.15, 0.2) is 0 Å². The van der Waals surface area contributed by atoms with Crippen molar-refractivity contribution in [3.8, 4) is 0 Å². The fraction of sp³-hybridized carbons (Fsp3) is 0.455. The van der Waals surface area contributed by atoms with Crippen LogP contribution in [0.5, 0.6) is 0 Å². The Morgan fingerprint density at radius 1 is 1.64 bits per heavy atom. The van der Waals surface area contributed by atoms with Crippen molar-refractivity contribution in [2.24, 2.45) is 0 Å². The van der Waals surface area contributed by atoms with Gasteiger partial charge < -0.3 is 10.4 Å². The Morgan fingerprint density at radius 2 is 2.36 bits per heavy atom. The van der Waals surface area contributed by atoms with E-state index in [1.165, 1.54) is 0 Å². The van der Waals surface area contributed by atoms with Gasteiger partial charge in [-0.25, -0.2) is 4.98 Å². The highest BCUT2D eigenvalue weighted by atomic mass is 14.9. The molecule has 0 radical (unpaired) electrons. The summed E-state index contributed by atoms with van der Waals surface area (Å²) in [5.41, 5.74) is 2.74. The molecule has 0 saturated heterocycles. The van der Waals surface area contributed by atoms with Crippen LogP contribution in [0.3, 0.4) is 0 Å². The Morgan fingerprint density at radius 3 is 2.86 bits per heavy atom. The first-order valence-corrected chi connectivity index (χ1v) is 4.91. The van der Waals surface area contributed by atoms with E-state index in [-0.39, 0.29) is 0 Å². The number of aryl methyl sites for hydroxylation is 1. The SMILES string of the molecule is CCCC(=N)/C=C(/C)c1ncc(C)[nH]1. The summed E-state index contributed by atoms with van der Waals surface area (Å²) in [4.78, 5) is 7.36. The van der Waals surface area contributed by atoms with Gasteiger partial charge in [0.05, 0.1) is 0 Å². The van der Waals surface area contributed by atoms with E-state index in [9.17, 15) is 0 Å². The number of aromatic amines is 1. The molecule has 3 heteroatoms. The molecule has 0 bridgehead atoms. The van der Waals surface area contributed by atoms with Crippen LogP contribution in [-0.4, -0.2) is 15.7 Å². The standard InChI is InChI=1S/C11H17N3/c1-4-5-10(12)6-8(2)11-13-7-9(3)14-11/h6-7,12H,4-5H2,1-3H3,(H,13,14)/b8-6-,12-10?. The second-order valence-electron chi connectivity index (χ2n) is 3.52. The molecule has 1 heterocycles. The molecule has 0 aliphatic carbocycles. The average molecular weight is 191 g/mol. The fourth-order valence-electron chi connectivity index (χ4n) is 1.28. The van der Waals surface area contributed by atoms with Crippen molar-refractivity contribution in [3.05, 3.63) is 23.8 Å². The van der Waals surface area contributed by atoms with E-state index >= 15 is 0 Å². The maximum absolute atomic E-state index is 7.66. The highest BCUT2D eigenvalue weighted by Crippen LogP contribution is 2.10. The van der Waals surface area contributed by atoms with Crippen LogP contribution in [0.1, 0.15) is 38.2 Å². The molecule has 1 aromatic rings. The number of nitrogens with zero attached hydrogens (tertiary/aromatic N) is 1. The smallest absolute Gasteiger partial charge is 0.133 e. The minimum Gasteiger partial charge on any atom is -0.342 e. The maximum atomic E-state index is 7.66. The fourth-order valence-corrected chi connectivity index (χ4v) is 1.28. The first kappa shape index (κ1) is 10.7. The lowest BCUT2D eigenvalue weighted by molar-refractivity contribution is 0.990. The third kappa shape index (κ3) is 2.83. The normalized spacial score (nSPS) is 11.8. The monoisotopic (exact) mass is 191 g/mol. The van der Waals surface area contributed by atoms with Crippen LogP contribution in [0.25, 0.3) is 5.57 Å². The number of imidazole rings is 1. The molecule has 0 spiro atoms. The van der Waals surface area contributed by atoms with Gasteiger partial charge in [0.1, 0.15) is 5.82 Å². The summed E-state index contributed by atoms with van der Waals surface area (Å²) < 4.78 is 0. The number of rotatable bonds is 4. The van der Waals surface area contributed by atoms with Crippen LogP contribution >= 0.6 is 0 Å². The van der Waals surface area contributed by atoms with Crippen molar-refractivity contribution in [1.82, 2.24) is 9.97 Å². The van der Waals surface area contributed by atoms with Crippen molar-refractivity contribution in [2.45, 2.75) is 33.6 Å². The zero-order chi connectivity index (χ0) is 10.6. The molecule has 0 unspecified atom stereocenters. The van der Waals surface area contributed by atoms with Crippen LogP contribution in [-0.2, 0) is 0 Å². The number of H-pyrrole nitrogens is 1. The quantitative estimate of drug-likeness (QED) is 0.706. The summed E-state index contributed by atoms with van der Waals surface area (Å²) in [6.45, 7) is 6.03. The number of nitrogens with one attached hydrogen (secondary N) is 2. The van der Waals surface area contributed by atoms with Gasteiger partial charge in [-0.1, -0.05) is 13.3 Å². The Balaban J connectivity index is 2.74. The zero-order valence-electron chi connectivity index (χ0n) is 9.02. The van der Waals surface area contributed by atoms with E-state index < -0.39 is 0 Å². The Labute approximate surface area is 84.8 Å². The summed E-state index contributed by atoms with van der Waals surface area (Å²) in [7, 11) is 0. The molecule has 14 heavy (non-hydrogen) atoms. The largest absolute Gasteiger partial charge is 0.342 e. The first-order valence-electron chi connectivity index (χ1n) is 4.91. The summed E-state index contributed by atoms with van der Waals surface area (Å²) in [5, 5.41) is 7.66. The minimum atomic E-state index is 0.666. The molecule has 1 aromatic heterocycles. The van der Waals surface area contributed by atoms with Crippen LogP contribution in [0, 0.1) is 12.3 Å². The second kappa shape index (κ2) is 4.74. The molecule has 2 N–H and O–H groups in total. The maximum Gasteiger partial charge on any atom is 0.133 e. The molecule has 0 aromatic carbocycles. The van der Waals surface area contributed by atoms with E-state index in [4.69, 9.17) is 5.41 Å². The highest BCUT2D eigenvalue weighted by Gasteiger charge is 2.00. The van der Waals surface area contributed by atoms with Gasteiger partial charge in [-0.3, -0.25) is 0 Å². The average Bonchev–Trinajstić information content (AvgIpc) is 2.52. The molecule has 0 fully saturated rings. The zero-order valence-corrected chi connectivity index (χ0v) is 9.02. The predicted octanol–water partition coefficient (Wildman–Crippen LogP) is 2.94. The summed E-state index contributed by atoms with van der Waals surface area (Å²) in [6, 6.07) is 0. The summed E-state index contributed by atoms with van der Waals surface area (Å²) in [5.74, 6) is 0.864. The number of allylic oxidation sites excluding steroid dienone is 2. The molecule has 1 rings (SSSR count). The van der Waals surface area contributed by atoms with Crippen LogP contribution in [0.4, 0.5) is 0 Å². The van der Waals surface area contributed by atoms with Gasteiger partial charge >= 0.3 is 0 Å². The van der Waals surface area contributed by atoms with Crippen molar-refractivity contribution >= 4 is 11.3 Å². The summed E-state index contributed by atoms with van der Waals surface area (Å²) in [6.07, 6.45) is 5.52. The first-order chi connectivity index (χ1) is 6.63. The molecular weight excluding hydrogens is 174 g/mol. The topological polar surface area (TPSA) is 52.5 Å². The summed E-state index contributed by atoms with van der Waals surface area (Å²) >= 11 is 0. The molecule has 0 saturated carbocycles. The van der Waals surface area contributed by atoms with E-state index in [0.717, 1.165) is 29.9 Å². The van der Waals surface area contributed by atoms with Gasteiger partial charge in [-0.05, 0) is 31.9 Å². The van der Waals surface area contributed by atoms with Gasteiger partial charge in [-0.15, -0.1) is 0 Å². The van der Waals surface area contributed by atoms with Gasteiger partial charge in [0, 0.05) is 17.6 Å². The number of hydrogen-bond acceptors (Lipinski definition) is 2. The van der Waals surface area contributed by atoms with Gasteiger partial charge in [0.2, 0.25) is 0 Å². The molecule has 0 atom stereocenters. The van der Waals surface area contributed by atoms with Crippen molar-refractivity contribution in [3.63, 3.8) is 0 Å². The van der Waals surface area contributed by atoms with Crippen molar-refractivity contribution in [2.75, 3.05) is 0 Å². The molecule has 0 aliphatic heterocycles. The lowest BCUT2D eigenvalue weighted by Crippen LogP contribution is -1.92. The molecule has 76 valence electrons. The van der Waals surface area contributed by atoms with Gasteiger partial charge in [-0.2, -0.15) is 0 Å². The van der Waals surface area contributed by atoms with Crippen molar-refractivity contribution < 1.29 is 0 Å². The van der Waals surface area contributed by atoms with E-state index in [1.54, 1.807) is 6.20 Å². The van der Waals surface area contributed by atoms with Crippen molar-refractivity contribution in [1.29, 1.82) is 5.41 Å². The van der Waals surface area contributed by atoms with Crippen LogP contribution in [0.2, 0.25) is 0 Å². The third-order valence-electron chi connectivity index (χ3n) is 1.99. The molecule has 0 amide bonds. The highest BCUT2D eigenvalue weighted by molar-refractivity contribution is 5.97. The van der Waals surface area contributed by atoms with E-state index in [1.807, 2.05) is 19.9 Å². The molecular formula is C11H17N3. The minimum absolute atomic E-state index is 0.666. The lowest BCUT2D eigenvalue weighted by Gasteiger charge is -1.98. The molecule has 0 aliphatic rings. The number of aromatic nitrogens is 2.